The van der Waals surface area contributed by atoms with Crippen LogP contribution in [0.4, 0.5) is 0 Å². The molecular formula is C20H22N2O3S2. The number of carbonyl (C=O) groups is 1. The minimum Gasteiger partial charge on any atom is -0.492 e. The fraction of sp³-hybridized carbons (Fsp3) is 0.300. The first-order chi connectivity index (χ1) is 13.2. The van der Waals surface area contributed by atoms with Crippen LogP contribution in [0.15, 0.2) is 46.8 Å². The number of rotatable bonds is 8. The number of carbonyl (C=O) groups excluding carboxylic acids is 1. The molecule has 0 aliphatic carbocycles. The van der Waals surface area contributed by atoms with Gasteiger partial charge in [0.25, 0.3) is 5.91 Å². The van der Waals surface area contributed by atoms with Crippen LogP contribution in [0.2, 0.25) is 0 Å². The molecule has 3 rings (SSSR count). The van der Waals surface area contributed by atoms with E-state index in [1.807, 2.05) is 54.1 Å². The molecule has 0 aliphatic heterocycles. The van der Waals surface area contributed by atoms with Crippen LogP contribution in [0.25, 0.3) is 16.3 Å². The molecule has 0 atom stereocenters. The van der Waals surface area contributed by atoms with E-state index in [-0.39, 0.29) is 5.91 Å². The van der Waals surface area contributed by atoms with E-state index in [1.165, 1.54) is 17.4 Å². The van der Waals surface area contributed by atoms with Crippen LogP contribution < -0.4 is 9.54 Å². The Hall–Kier alpha value is -2.22. The van der Waals surface area contributed by atoms with Crippen molar-refractivity contribution in [2.45, 2.75) is 20.4 Å². The molecule has 0 aliphatic rings. The molecule has 0 spiro atoms. The monoisotopic (exact) mass is 402 g/mol. The van der Waals surface area contributed by atoms with Gasteiger partial charge in [-0.05, 0) is 43.5 Å². The minimum atomic E-state index is -0.280. The number of fused-ring (bicyclic) bond motifs is 1. The van der Waals surface area contributed by atoms with Gasteiger partial charge in [0.15, 0.2) is 4.80 Å². The molecule has 27 heavy (non-hydrogen) atoms. The Morgan fingerprint density at radius 2 is 2.11 bits per heavy atom. The van der Waals surface area contributed by atoms with Crippen molar-refractivity contribution in [3.8, 4) is 5.75 Å². The van der Waals surface area contributed by atoms with Gasteiger partial charge in [-0.1, -0.05) is 23.5 Å². The summed E-state index contributed by atoms with van der Waals surface area (Å²) in [5.41, 5.74) is 0.956. The zero-order valence-corrected chi connectivity index (χ0v) is 17.0. The van der Waals surface area contributed by atoms with Gasteiger partial charge in [0.1, 0.15) is 11.3 Å². The van der Waals surface area contributed by atoms with Gasteiger partial charge in [-0.2, -0.15) is 4.99 Å². The second kappa shape index (κ2) is 9.64. The molecule has 3 aromatic rings. The molecule has 142 valence electrons. The molecule has 0 N–H and O–H groups in total. The van der Waals surface area contributed by atoms with Gasteiger partial charge >= 0.3 is 0 Å². The van der Waals surface area contributed by atoms with E-state index in [4.69, 9.17) is 9.47 Å². The first kappa shape index (κ1) is 19.5. The SMILES string of the molecule is CCOCCn1c(=NC(=O)/C=C/c2cccs2)sc2cccc(OCC)c21. The van der Waals surface area contributed by atoms with Crippen molar-refractivity contribution >= 4 is 44.9 Å². The summed E-state index contributed by atoms with van der Waals surface area (Å²) < 4.78 is 14.3. The molecule has 0 fully saturated rings. The van der Waals surface area contributed by atoms with Gasteiger partial charge in [0, 0.05) is 24.1 Å². The second-order valence-corrected chi connectivity index (χ2v) is 7.56. The highest BCUT2D eigenvalue weighted by atomic mass is 32.1. The fourth-order valence-corrected chi connectivity index (χ4v) is 4.33. The molecule has 0 radical (unpaired) electrons. The zero-order valence-electron chi connectivity index (χ0n) is 15.4. The minimum absolute atomic E-state index is 0.280. The number of thiazole rings is 1. The summed E-state index contributed by atoms with van der Waals surface area (Å²) in [4.78, 5) is 18.4. The van der Waals surface area contributed by atoms with Crippen molar-refractivity contribution in [2.24, 2.45) is 4.99 Å². The van der Waals surface area contributed by atoms with Gasteiger partial charge < -0.3 is 14.0 Å². The molecule has 0 unspecified atom stereocenters. The average molecular weight is 403 g/mol. The highest BCUT2D eigenvalue weighted by Crippen LogP contribution is 2.27. The zero-order chi connectivity index (χ0) is 19.1. The number of para-hydroxylation sites is 1. The number of nitrogens with zero attached hydrogens (tertiary/aromatic N) is 2. The average Bonchev–Trinajstić information content (AvgIpc) is 3.29. The van der Waals surface area contributed by atoms with E-state index >= 15 is 0 Å². The van der Waals surface area contributed by atoms with Crippen LogP contribution >= 0.6 is 22.7 Å². The maximum Gasteiger partial charge on any atom is 0.272 e. The molecule has 1 aromatic carbocycles. The van der Waals surface area contributed by atoms with E-state index in [0.29, 0.717) is 31.2 Å². The lowest BCUT2D eigenvalue weighted by Crippen LogP contribution is -2.19. The van der Waals surface area contributed by atoms with Crippen molar-refractivity contribution in [1.82, 2.24) is 4.57 Å². The van der Waals surface area contributed by atoms with Crippen LogP contribution in [-0.4, -0.2) is 30.3 Å². The quantitative estimate of drug-likeness (QED) is 0.416. The third-order valence-electron chi connectivity index (χ3n) is 3.77. The standard InChI is InChI=1S/C20H22N2O3S2/c1-3-24-13-12-22-19-16(25-4-2)8-5-9-17(19)27-20(22)21-18(23)11-10-15-7-6-14-26-15/h5-11,14H,3-4,12-13H2,1-2H3/b11-10+,21-20?. The Balaban J connectivity index is 2.00. The molecule has 5 nitrogen and oxygen atoms in total. The Morgan fingerprint density at radius 1 is 1.22 bits per heavy atom. The topological polar surface area (TPSA) is 52.8 Å². The molecule has 2 aromatic heterocycles. The molecule has 0 saturated carbocycles. The summed E-state index contributed by atoms with van der Waals surface area (Å²) in [5, 5.41) is 1.98. The van der Waals surface area contributed by atoms with Crippen LogP contribution in [0.1, 0.15) is 18.7 Å². The first-order valence-electron chi connectivity index (χ1n) is 8.86. The van der Waals surface area contributed by atoms with Crippen molar-refractivity contribution in [3.63, 3.8) is 0 Å². The second-order valence-electron chi connectivity index (χ2n) is 5.57. The molecule has 0 saturated heterocycles. The summed E-state index contributed by atoms with van der Waals surface area (Å²) in [6.45, 7) is 6.31. The number of thiophene rings is 1. The Bertz CT molecular complexity index is 984. The van der Waals surface area contributed by atoms with Gasteiger partial charge in [0.2, 0.25) is 0 Å². The number of aromatic nitrogens is 1. The molecular weight excluding hydrogens is 380 g/mol. The Labute approximate surface area is 166 Å². The molecule has 1 amide bonds. The molecule has 7 heteroatoms. The largest absolute Gasteiger partial charge is 0.492 e. The lowest BCUT2D eigenvalue weighted by Gasteiger charge is -2.09. The smallest absolute Gasteiger partial charge is 0.272 e. The lowest BCUT2D eigenvalue weighted by atomic mass is 10.3. The highest BCUT2D eigenvalue weighted by Gasteiger charge is 2.12. The van der Waals surface area contributed by atoms with Crippen LogP contribution in [-0.2, 0) is 16.1 Å². The Kier molecular flexibility index (Phi) is 6.98. The van der Waals surface area contributed by atoms with Gasteiger partial charge in [-0.3, -0.25) is 4.79 Å². The summed E-state index contributed by atoms with van der Waals surface area (Å²) in [6, 6.07) is 9.83. The van der Waals surface area contributed by atoms with Crippen LogP contribution in [0.5, 0.6) is 5.75 Å². The summed E-state index contributed by atoms with van der Waals surface area (Å²) in [6.07, 6.45) is 3.30. The van der Waals surface area contributed by atoms with Gasteiger partial charge in [-0.15, -0.1) is 11.3 Å². The lowest BCUT2D eigenvalue weighted by molar-refractivity contribution is -0.113. The van der Waals surface area contributed by atoms with Crippen molar-refractivity contribution in [2.75, 3.05) is 19.8 Å². The highest BCUT2D eigenvalue weighted by molar-refractivity contribution is 7.16. The van der Waals surface area contributed by atoms with Crippen molar-refractivity contribution in [3.05, 3.63) is 51.5 Å². The predicted octanol–water partition coefficient (Wildman–Crippen LogP) is 4.34. The molecule has 2 heterocycles. The number of hydrogen-bond acceptors (Lipinski definition) is 5. The normalized spacial score (nSPS) is 12.3. The predicted molar refractivity (Wildman–Crippen MR) is 111 cm³/mol. The number of hydrogen-bond donors (Lipinski definition) is 0. The van der Waals surface area contributed by atoms with Crippen LogP contribution in [0, 0.1) is 0 Å². The van der Waals surface area contributed by atoms with Gasteiger partial charge in [0.05, 0.1) is 17.9 Å². The van der Waals surface area contributed by atoms with E-state index in [9.17, 15) is 4.79 Å². The number of amides is 1. The summed E-state index contributed by atoms with van der Waals surface area (Å²) in [5.74, 6) is 0.517. The van der Waals surface area contributed by atoms with Crippen LogP contribution in [0.3, 0.4) is 0 Å². The first-order valence-corrected chi connectivity index (χ1v) is 10.6. The maximum absolute atomic E-state index is 12.4. The maximum atomic E-state index is 12.4. The van der Waals surface area contributed by atoms with E-state index in [1.54, 1.807) is 17.4 Å². The van der Waals surface area contributed by atoms with E-state index in [2.05, 4.69) is 4.99 Å². The third kappa shape index (κ3) is 4.94. The number of ether oxygens (including phenoxy) is 2. The van der Waals surface area contributed by atoms with Gasteiger partial charge in [-0.25, -0.2) is 0 Å². The van der Waals surface area contributed by atoms with Crippen molar-refractivity contribution < 1.29 is 14.3 Å². The number of benzene rings is 1. The summed E-state index contributed by atoms with van der Waals surface area (Å²) >= 11 is 3.07. The third-order valence-corrected chi connectivity index (χ3v) is 5.65. The van der Waals surface area contributed by atoms with Crippen molar-refractivity contribution in [1.29, 1.82) is 0 Å². The van der Waals surface area contributed by atoms with E-state index < -0.39 is 0 Å². The van der Waals surface area contributed by atoms with E-state index in [0.717, 1.165) is 20.8 Å². The molecule has 0 bridgehead atoms. The Morgan fingerprint density at radius 3 is 2.85 bits per heavy atom. The fourth-order valence-electron chi connectivity index (χ4n) is 2.63. The summed E-state index contributed by atoms with van der Waals surface area (Å²) in [7, 11) is 0.